The van der Waals surface area contributed by atoms with Crippen LogP contribution in [0.25, 0.3) is 0 Å². The van der Waals surface area contributed by atoms with Crippen molar-refractivity contribution in [3.63, 3.8) is 0 Å². The van der Waals surface area contributed by atoms with Crippen LogP contribution in [0.1, 0.15) is 28.4 Å². The number of anilines is 1. The lowest BCUT2D eigenvalue weighted by Crippen LogP contribution is -2.36. The summed E-state index contributed by atoms with van der Waals surface area (Å²) in [5.41, 5.74) is 2.49. The van der Waals surface area contributed by atoms with Gasteiger partial charge < -0.3 is 4.74 Å². The molecule has 1 aromatic heterocycles. The molecule has 31 heavy (non-hydrogen) atoms. The molecular weight excluding hydrogens is 460 g/mol. The first kappa shape index (κ1) is 23.1. The molecule has 2 N–H and O–H groups in total. The second kappa shape index (κ2) is 9.73. The first-order chi connectivity index (χ1) is 14.7. The Bertz CT molecular complexity index is 1200. The quantitative estimate of drug-likeness (QED) is 0.474. The Kier molecular flexibility index (Phi) is 7.26. The molecule has 0 saturated heterocycles. The van der Waals surface area contributed by atoms with E-state index in [1.807, 2.05) is 32.0 Å². The number of ether oxygens (including phenoxy) is 1. The number of nitrogens with one attached hydrogen (secondary N) is 2. The maximum absolute atomic E-state index is 12.6. The number of aryl methyl sites for hydroxylation is 2. The Hall–Kier alpha value is -2.53. The van der Waals surface area contributed by atoms with E-state index in [9.17, 15) is 13.2 Å². The van der Waals surface area contributed by atoms with Crippen molar-refractivity contribution in [2.75, 3.05) is 11.9 Å². The van der Waals surface area contributed by atoms with E-state index in [0.29, 0.717) is 5.75 Å². The number of aromatic nitrogens is 2. The van der Waals surface area contributed by atoms with E-state index in [0.717, 1.165) is 22.5 Å². The van der Waals surface area contributed by atoms with Gasteiger partial charge in [-0.25, -0.2) is 13.1 Å². The van der Waals surface area contributed by atoms with Crippen molar-refractivity contribution in [1.82, 2.24) is 14.9 Å². The lowest BCUT2D eigenvalue weighted by atomic mass is 10.1. The smallest absolute Gasteiger partial charge is 0.270 e. The van der Waals surface area contributed by atoms with Crippen LogP contribution in [-0.4, -0.2) is 37.2 Å². The third kappa shape index (κ3) is 6.01. The molecule has 0 aliphatic carbocycles. The predicted octanol–water partition coefficient (Wildman–Crippen LogP) is 3.81. The van der Waals surface area contributed by atoms with Crippen molar-refractivity contribution in [2.24, 2.45) is 0 Å². The molecule has 0 fully saturated rings. The van der Waals surface area contributed by atoms with Crippen molar-refractivity contribution in [2.45, 2.75) is 31.2 Å². The molecule has 3 rings (SSSR count). The van der Waals surface area contributed by atoms with Crippen LogP contribution in [0.2, 0.25) is 5.02 Å². The molecule has 0 aliphatic rings. The number of carbonyl (C=O) groups excluding carboxylic acids is 1. The van der Waals surface area contributed by atoms with Crippen molar-refractivity contribution in [1.29, 1.82) is 0 Å². The number of carbonyl (C=O) groups is 1. The van der Waals surface area contributed by atoms with Gasteiger partial charge in [-0.15, -0.1) is 10.2 Å². The minimum atomic E-state index is -3.93. The van der Waals surface area contributed by atoms with Gasteiger partial charge in [0.15, 0.2) is 0 Å². The first-order valence-corrected chi connectivity index (χ1v) is 12.0. The molecule has 1 heterocycles. The fourth-order valence-electron chi connectivity index (χ4n) is 2.55. The highest BCUT2D eigenvalue weighted by molar-refractivity contribution is 7.91. The summed E-state index contributed by atoms with van der Waals surface area (Å²) in [5, 5.41) is 10.2. The van der Waals surface area contributed by atoms with E-state index in [-0.39, 0.29) is 26.7 Å². The number of sulfonamides is 1. The van der Waals surface area contributed by atoms with Crippen LogP contribution < -0.4 is 14.8 Å². The minimum absolute atomic E-state index is 0.0457. The van der Waals surface area contributed by atoms with Gasteiger partial charge in [0.05, 0.1) is 16.6 Å². The third-order valence-corrected chi connectivity index (χ3v) is 7.44. The van der Waals surface area contributed by atoms with Gasteiger partial charge in [-0.3, -0.25) is 10.1 Å². The van der Waals surface area contributed by atoms with Crippen LogP contribution in [0, 0.1) is 13.8 Å². The standard InChI is InChI=1S/C20H21ClN4O4S2/c1-12-8-9-15(10-13(12)2)29-11-14(3)25-31(27,28)20-24-23-19(30-20)22-18(26)16-6-4-5-7-17(16)21/h4-10,14,25H,11H2,1-3H3,(H,22,23,26). The Morgan fingerprint density at radius 2 is 1.90 bits per heavy atom. The average molecular weight is 481 g/mol. The number of amides is 1. The SMILES string of the molecule is Cc1ccc(OCC(C)NS(=O)(=O)c2nnc(NC(=O)c3ccccc3Cl)s2)cc1C. The van der Waals surface area contributed by atoms with Gasteiger partial charge in [0.25, 0.3) is 15.9 Å². The zero-order chi connectivity index (χ0) is 22.6. The Morgan fingerprint density at radius 3 is 2.61 bits per heavy atom. The Balaban J connectivity index is 1.60. The van der Waals surface area contributed by atoms with Crippen LogP contribution >= 0.6 is 22.9 Å². The number of rotatable bonds is 8. The molecule has 1 amide bonds. The number of halogens is 1. The molecule has 0 spiro atoms. The molecule has 11 heteroatoms. The highest BCUT2D eigenvalue weighted by atomic mass is 35.5. The summed E-state index contributed by atoms with van der Waals surface area (Å²) in [6.45, 7) is 5.80. The van der Waals surface area contributed by atoms with Crippen LogP contribution in [0.5, 0.6) is 5.75 Å². The fourth-order valence-corrected chi connectivity index (χ4v) is 4.91. The summed E-state index contributed by atoms with van der Waals surface area (Å²) in [5.74, 6) is 0.156. The van der Waals surface area contributed by atoms with Crippen molar-refractivity contribution in [3.05, 3.63) is 64.2 Å². The van der Waals surface area contributed by atoms with Crippen molar-refractivity contribution >= 4 is 44.0 Å². The highest BCUT2D eigenvalue weighted by Crippen LogP contribution is 2.22. The summed E-state index contributed by atoms with van der Waals surface area (Å²) < 4.78 is 33.1. The number of nitrogens with zero attached hydrogens (tertiary/aromatic N) is 2. The average Bonchev–Trinajstić information content (AvgIpc) is 3.18. The number of benzene rings is 2. The number of hydrogen-bond acceptors (Lipinski definition) is 7. The van der Waals surface area contributed by atoms with Crippen LogP contribution in [-0.2, 0) is 10.0 Å². The van der Waals surface area contributed by atoms with E-state index < -0.39 is 22.0 Å². The largest absolute Gasteiger partial charge is 0.492 e. The van der Waals surface area contributed by atoms with E-state index >= 15 is 0 Å². The molecule has 1 unspecified atom stereocenters. The molecule has 2 aromatic carbocycles. The van der Waals surface area contributed by atoms with Gasteiger partial charge in [-0.2, -0.15) is 0 Å². The highest BCUT2D eigenvalue weighted by Gasteiger charge is 2.24. The second-order valence-electron chi connectivity index (χ2n) is 6.89. The summed E-state index contributed by atoms with van der Waals surface area (Å²) in [6, 6.07) is 11.7. The molecule has 0 saturated carbocycles. The zero-order valence-corrected chi connectivity index (χ0v) is 19.4. The lowest BCUT2D eigenvalue weighted by molar-refractivity contribution is 0.102. The monoisotopic (exact) mass is 480 g/mol. The summed E-state index contributed by atoms with van der Waals surface area (Å²) in [7, 11) is -3.93. The van der Waals surface area contributed by atoms with Crippen molar-refractivity contribution in [3.8, 4) is 5.75 Å². The van der Waals surface area contributed by atoms with Crippen LogP contribution in [0.15, 0.2) is 46.8 Å². The molecular formula is C20H21ClN4O4S2. The first-order valence-electron chi connectivity index (χ1n) is 9.27. The van der Waals surface area contributed by atoms with Crippen molar-refractivity contribution < 1.29 is 17.9 Å². The third-order valence-electron chi connectivity index (χ3n) is 4.31. The van der Waals surface area contributed by atoms with E-state index in [4.69, 9.17) is 16.3 Å². The van der Waals surface area contributed by atoms with Gasteiger partial charge in [-0.05, 0) is 56.2 Å². The van der Waals surface area contributed by atoms with E-state index in [1.54, 1.807) is 31.2 Å². The van der Waals surface area contributed by atoms with Gasteiger partial charge in [0.1, 0.15) is 12.4 Å². The van der Waals surface area contributed by atoms with E-state index in [2.05, 4.69) is 20.2 Å². The summed E-state index contributed by atoms with van der Waals surface area (Å²) in [4.78, 5) is 12.3. The Labute approximate surface area is 189 Å². The van der Waals surface area contributed by atoms with Gasteiger partial charge >= 0.3 is 0 Å². The molecule has 0 radical (unpaired) electrons. The zero-order valence-electron chi connectivity index (χ0n) is 17.0. The van der Waals surface area contributed by atoms with Crippen LogP contribution in [0.3, 0.4) is 0 Å². The summed E-state index contributed by atoms with van der Waals surface area (Å²) in [6.07, 6.45) is 0. The normalized spacial score (nSPS) is 12.4. The molecule has 0 bridgehead atoms. The van der Waals surface area contributed by atoms with E-state index in [1.165, 1.54) is 0 Å². The predicted molar refractivity (Wildman–Crippen MR) is 121 cm³/mol. The van der Waals surface area contributed by atoms with Gasteiger partial charge in [0, 0.05) is 0 Å². The van der Waals surface area contributed by atoms with Gasteiger partial charge in [0.2, 0.25) is 9.47 Å². The molecule has 1 atom stereocenters. The topological polar surface area (TPSA) is 110 Å². The fraction of sp³-hybridized carbons (Fsp3) is 0.250. The molecule has 3 aromatic rings. The lowest BCUT2D eigenvalue weighted by Gasteiger charge is -2.14. The second-order valence-corrected chi connectivity index (χ2v) is 10.2. The molecule has 0 aliphatic heterocycles. The van der Waals surface area contributed by atoms with Crippen LogP contribution in [0.4, 0.5) is 5.13 Å². The number of hydrogen-bond donors (Lipinski definition) is 2. The maximum Gasteiger partial charge on any atom is 0.270 e. The minimum Gasteiger partial charge on any atom is -0.492 e. The molecule has 164 valence electrons. The maximum atomic E-state index is 12.6. The Morgan fingerprint density at radius 1 is 1.16 bits per heavy atom. The van der Waals surface area contributed by atoms with Gasteiger partial charge in [-0.1, -0.05) is 41.1 Å². The molecule has 8 nitrogen and oxygen atoms in total. The summed E-state index contributed by atoms with van der Waals surface area (Å²) >= 11 is 6.74.